The van der Waals surface area contributed by atoms with Crippen molar-refractivity contribution in [3.05, 3.63) is 97.2 Å². The normalized spacial score (nSPS) is 14.4. The number of carbonyl (C=O) groups excluding carboxylic acids is 2. The van der Waals surface area contributed by atoms with E-state index in [9.17, 15) is 19.0 Å². The van der Waals surface area contributed by atoms with E-state index in [0.717, 1.165) is 116 Å². The summed E-state index contributed by atoms with van der Waals surface area (Å²) in [7, 11) is 1.47. The molecule has 0 aliphatic rings. The molecule has 10 heteroatoms. The number of hydrogen-bond donors (Lipinski definition) is 2. The van der Waals surface area contributed by atoms with Gasteiger partial charge in [0.2, 0.25) is 5.91 Å². The number of phosphoric acid groups is 1. The molecule has 3 unspecified atom stereocenters. The van der Waals surface area contributed by atoms with E-state index in [1.165, 1.54) is 109 Å². The molecule has 0 radical (unpaired) electrons. The summed E-state index contributed by atoms with van der Waals surface area (Å²) >= 11 is 0. The topological polar surface area (TPSA) is 111 Å². The molecule has 0 saturated heterocycles. The van der Waals surface area contributed by atoms with Crippen LogP contribution in [0.1, 0.15) is 258 Å². The van der Waals surface area contributed by atoms with Crippen LogP contribution in [0.2, 0.25) is 0 Å². The van der Waals surface area contributed by atoms with E-state index in [4.69, 9.17) is 13.8 Å². The van der Waals surface area contributed by atoms with Gasteiger partial charge in [-0.15, -0.1) is 0 Å². The largest absolute Gasteiger partial charge is 0.472 e. The number of esters is 1. The van der Waals surface area contributed by atoms with Gasteiger partial charge in [0, 0.05) is 12.8 Å². The summed E-state index contributed by atoms with van der Waals surface area (Å²) in [6.07, 6.45) is 74.1. The molecule has 0 spiro atoms. The highest BCUT2D eigenvalue weighted by atomic mass is 31.2. The van der Waals surface area contributed by atoms with E-state index in [1.807, 2.05) is 33.3 Å². The highest BCUT2D eigenvalue weighted by Crippen LogP contribution is 2.43. The van der Waals surface area contributed by atoms with Crippen molar-refractivity contribution >= 4 is 19.7 Å². The van der Waals surface area contributed by atoms with Crippen LogP contribution in [0.5, 0.6) is 0 Å². The van der Waals surface area contributed by atoms with E-state index in [2.05, 4.69) is 111 Å². The monoisotopic (exact) mass is 1080 g/mol. The van der Waals surface area contributed by atoms with Crippen LogP contribution in [-0.2, 0) is 27.9 Å². The highest BCUT2D eigenvalue weighted by molar-refractivity contribution is 7.47. The van der Waals surface area contributed by atoms with Crippen molar-refractivity contribution in [2.75, 3.05) is 40.9 Å². The highest BCUT2D eigenvalue weighted by Gasteiger charge is 2.30. The zero-order valence-electron chi connectivity index (χ0n) is 50.0. The predicted molar refractivity (Wildman–Crippen MR) is 327 cm³/mol. The summed E-state index contributed by atoms with van der Waals surface area (Å²) < 4.78 is 30.6. The summed E-state index contributed by atoms with van der Waals surface area (Å²) in [5.74, 6) is -0.539. The fourth-order valence-corrected chi connectivity index (χ4v) is 9.25. The fraction of sp³-hybridized carbons (Fsp3) is 0.727. The molecule has 0 aromatic rings. The predicted octanol–water partition coefficient (Wildman–Crippen LogP) is 19.2. The standard InChI is InChI=1S/C66H117N2O7P/c1-7-10-13-16-19-22-25-28-29-30-31-32-33-34-35-36-37-38-39-41-44-47-50-53-56-59-66(70)75-64(57-54-51-48-45-42-27-24-21-18-15-12-9-3)63(62-74-76(71,72)73-61-60-68(4,5)6)67-65(69)58-55-52-49-46-43-40-26-23-20-17-14-11-8-2/h11,14,17,19-20,22-23,26,28-29,31-32,34-35,54,57,63-64H,7-10,12-13,15-16,18,21,24-25,27,30,33,36-53,55-56,58-62H2,1-6H3,(H-,67,69,71,72)/p+1/b14-11+,20-17+,22-19-,26-23-,29-28-,32-31-,35-34-,57-54-. The summed E-state index contributed by atoms with van der Waals surface area (Å²) in [4.78, 5) is 37.7. The van der Waals surface area contributed by atoms with Crippen LogP contribution in [0, 0.1) is 0 Å². The average Bonchev–Trinajstić information content (AvgIpc) is 3.38. The van der Waals surface area contributed by atoms with Gasteiger partial charge in [-0.1, -0.05) is 247 Å². The first kappa shape index (κ1) is 72.9. The number of likely N-dealkylation sites (N-methyl/N-ethyl adjacent to an activating group) is 1. The number of rotatable bonds is 55. The number of carbonyl (C=O) groups is 2. The lowest BCUT2D eigenvalue weighted by molar-refractivity contribution is -0.870. The Bertz CT molecular complexity index is 1620. The third kappa shape index (κ3) is 55.7. The van der Waals surface area contributed by atoms with E-state index in [1.54, 1.807) is 0 Å². The lowest BCUT2D eigenvalue weighted by Crippen LogP contribution is -2.47. The fourth-order valence-electron chi connectivity index (χ4n) is 8.51. The average molecular weight is 1080 g/mol. The number of hydrogen-bond acceptors (Lipinski definition) is 6. The summed E-state index contributed by atoms with van der Waals surface area (Å²) in [6, 6.07) is -0.866. The number of phosphoric ester groups is 1. The summed E-state index contributed by atoms with van der Waals surface area (Å²) in [6.45, 7) is 6.82. The second-order valence-corrected chi connectivity index (χ2v) is 23.4. The Balaban J connectivity index is 5.18. The van der Waals surface area contributed by atoms with E-state index < -0.39 is 20.0 Å². The molecule has 76 heavy (non-hydrogen) atoms. The van der Waals surface area contributed by atoms with Gasteiger partial charge in [-0.25, -0.2) is 4.57 Å². The molecular weight excluding hydrogens is 964 g/mol. The molecule has 0 rings (SSSR count). The molecule has 0 aromatic heterocycles. The van der Waals surface area contributed by atoms with Gasteiger partial charge >= 0.3 is 13.8 Å². The third-order valence-electron chi connectivity index (χ3n) is 13.3. The molecule has 1 amide bonds. The Labute approximate surface area is 468 Å². The smallest absolute Gasteiger partial charge is 0.456 e. The van der Waals surface area contributed by atoms with Crippen molar-refractivity contribution in [2.45, 2.75) is 270 Å². The van der Waals surface area contributed by atoms with Gasteiger partial charge in [-0.2, -0.15) is 0 Å². The molecule has 0 aliphatic heterocycles. The first-order valence-electron chi connectivity index (χ1n) is 31.1. The number of nitrogens with zero attached hydrogens (tertiary/aromatic N) is 1. The zero-order valence-corrected chi connectivity index (χ0v) is 50.9. The first-order valence-corrected chi connectivity index (χ1v) is 32.6. The first-order chi connectivity index (χ1) is 36.9. The maximum atomic E-state index is 13.5. The number of nitrogens with one attached hydrogen (secondary N) is 1. The number of amides is 1. The van der Waals surface area contributed by atoms with Crippen molar-refractivity contribution in [2.24, 2.45) is 0 Å². The SMILES string of the molecule is CC/C=C/C=C/C=C\CCCCCCCC(=O)NC(COP(=O)(O)OCC[N+](C)(C)C)C(/C=C\CCCCCCCCCCCC)OC(=O)CCCCCCCCCCC/C=C\C/C=C\C/C=C\C/C=C\CCCCC. The lowest BCUT2D eigenvalue weighted by Gasteiger charge is -2.27. The van der Waals surface area contributed by atoms with E-state index in [0.29, 0.717) is 17.4 Å². The number of ether oxygens (including phenoxy) is 1. The van der Waals surface area contributed by atoms with Crippen molar-refractivity contribution in [3.8, 4) is 0 Å². The molecular formula is C66H118N2O7P+. The van der Waals surface area contributed by atoms with Crippen molar-refractivity contribution < 1.29 is 37.3 Å². The molecule has 2 N–H and O–H groups in total. The van der Waals surface area contributed by atoms with Crippen LogP contribution in [0.3, 0.4) is 0 Å². The van der Waals surface area contributed by atoms with Crippen LogP contribution in [0.15, 0.2) is 97.2 Å². The number of unbranched alkanes of at least 4 members (excludes halogenated alkanes) is 27. The molecule has 9 nitrogen and oxygen atoms in total. The molecule has 0 bridgehead atoms. The number of allylic oxidation sites excluding steroid dienone is 15. The molecule has 438 valence electrons. The van der Waals surface area contributed by atoms with Gasteiger partial charge < -0.3 is 19.4 Å². The Morgan fingerprint density at radius 1 is 0.487 bits per heavy atom. The Morgan fingerprint density at radius 2 is 0.895 bits per heavy atom. The van der Waals surface area contributed by atoms with Gasteiger partial charge in [0.05, 0.1) is 33.8 Å². The van der Waals surface area contributed by atoms with Gasteiger partial charge in [-0.3, -0.25) is 18.6 Å². The van der Waals surface area contributed by atoms with E-state index in [-0.39, 0.29) is 31.5 Å². The lowest BCUT2D eigenvalue weighted by atomic mass is 10.0. The minimum atomic E-state index is -4.46. The quantitative estimate of drug-likeness (QED) is 0.0156. The van der Waals surface area contributed by atoms with Crippen LogP contribution in [-0.4, -0.2) is 74.3 Å². The van der Waals surface area contributed by atoms with Gasteiger partial charge in [0.25, 0.3) is 0 Å². The maximum absolute atomic E-state index is 13.5. The van der Waals surface area contributed by atoms with Crippen LogP contribution >= 0.6 is 7.82 Å². The minimum absolute atomic E-state index is 0.0305. The maximum Gasteiger partial charge on any atom is 0.472 e. The third-order valence-corrected chi connectivity index (χ3v) is 14.3. The molecule has 0 aliphatic carbocycles. The molecule has 0 saturated carbocycles. The zero-order chi connectivity index (χ0) is 55.7. The van der Waals surface area contributed by atoms with Crippen LogP contribution in [0.25, 0.3) is 0 Å². The van der Waals surface area contributed by atoms with Crippen molar-refractivity contribution in [1.29, 1.82) is 0 Å². The van der Waals surface area contributed by atoms with Gasteiger partial charge in [-0.05, 0) is 96.0 Å². The summed E-state index contributed by atoms with van der Waals surface area (Å²) in [5.41, 5.74) is 0. The summed E-state index contributed by atoms with van der Waals surface area (Å²) in [5, 5.41) is 3.04. The van der Waals surface area contributed by atoms with Crippen molar-refractivity contribution in [3.63, 3.8) is 0 Å². The molecule has 0 heterocycles. The second kappa shape index (κ2) is 55.3. The Hall–Kier alpha value is -3.07. The van der Waals surface area contributed by atoms with Crippen LogP contribution < -0.4 is 5.32 Å². The Kier molecular flexibility index (Phi) is 53.0. The van der Waals surface area contributed by atoms with Gasteiger partial charge in [0.15, 0.2) is 0 Å². The number of quaternary nitrogens is 1. The van der Waals surface area contributed by atoms with Gasteiger partial charge in [0.1, 0.15) is 19.3 Å². The molecule has 3 atom stereocenters. The van der Waals surface area contributed by atoms with E-state index >= 15 is 0 Å². The van der Waals surface area contributed by atoms with Crippen LogP contribution in [0.4, 0.5) is 0 Å². The molecule has 0 fully saturated rings. The second-order valence-electron chi connectivity index (χ2n) is 21.9. The minimum Gasteiger partial charge on any atom is -0.456 e. The molecule has 0 aromatic carbocycles. The Morgan fingerprint density at radius 3 is 1.39 bits per heavy atom. The van der Waals surface area contributed by atoms with Crippen molar-refractivity contribution in [1.82, 2.24) is 5.32 Å².